The van der Waals surface area contributed by atoms with Crippen LogP contribution >= 0.6 is 0 Å². The minimum Gasteiger partial charge on any atom is -0.257 e. The molecule has 1 aromatic carbocycles. The molecule has 1 heterocycles. The van der Waals surface area contributed by atoms with Gasteiger partial charge in [-0.3, -0.25) is 4.99 Å². The van der Waals surface area contributed by atoms with Crippen LogP contribution in [0.4, 0.5) is 5.69 Å². The molecule has 0 aromatic heterocycles. The van der Waals surface area contributed by atoms with Gasteiger partial charge in [-0.15, -0.1) is 0 Å². The predicted molar refractivity (Wildman–Crippen MR) is 128 cm³/mol. The normalized spacial score (nSPS) is 14.2. The Labute approximate surface area is 176 Å². The predicted octanol–water partition coefficient (Wildman–Crippen LogP) is 9.56. The standard InChI is InChI=1S/C16H34.C11H13N/c1-3-5-7-9-11-13-15-16-14-12-10-8-6-4-2;1-8-11(2,3)9-6-4-5-7-10(9)12-8/h3-16H2,1-2H3;4-7H,1-3H3. The Morgan fingerprint density at radius 3 is 1.43 bits per heavy atom. The van der Waals surface area contributed by atoms with Gasteiger partial charge in [0.05, 0.1) is 5.69 Å². The van der Waals surface area contributed by atoms with Crippen LogP contribution < -0.4 is 0 Å². The molecule has 0 amide bonds. The first kappa shape index (κ1) is 24.9. The molecular weight excluding hydrogens is 338 g/mol. The number of benzene rings is 1. The Hall–Kier alpha value is -1.11. The average molecular weight is 386 g/mol. The quantitative estimate of drug-likeness (QED) is 0.300. The van der Waals surface area contributed by atoms with Crippen LogP contribution in [0.1, 0.15) is 130 Å². The number of rotatable bonds is 13. The third kappa shape index (κ3) is 9.39. The van der Waals surface area contributed by atoms with Crippen LogP contribution in [0.5, 0.6) is 0 Å². The third-order valence-electron chi connectivity index (χ3n) is 6.23. The van der Waals surface area contributed by atoms with Gasteiger partial charge in [0.25, 0.3) is 0 Å². The van der Waals surface area contributed by atoms with Gasteiger partial charge in [-0.1, -0.05) is 136 Å². The summed E-state index contributed by atoms with van der Waals surface area (Å²) in [6, 6.07) is 8.36. The van der Waals surface area contributed by atoms with E-state index in [4.69, 9.17) is 0 Å². The summed E-state index contributed by atoms with van der Waals surface area (Å²) >= 11 is 0. The van der Waals surface area contributed by atoms with Crippen molar-refractivity contribution in [3.63, 3.8) is 0 Å². The summed E-state index contributed by atoms with van der Waals surface area (Å²) in [5, 5.41) is 0. The minimum atomic E-state index is 0.136. The molecule has 0 atom stereocenters. The van der Waals surface area contributed by atoms with Gasteiger partial charge < -0.3 is 0 Å². The molecule has 2 rings (SSSR count). The van der Waals surface area contributed by atoms with Gasteiger partial charge in [0.15, 0.2) is 0 Å². The molecule has 0 saturated carbocycles. The van der Waals surface area contributed by atoms with Crippen LogP contribution in [-0.4, -0.2) is 5.71 Å². The number of para-hydroxylation sites is 1. The summed E-state index contributed by atoms with van der Waals surface area (Å²) in [4.78, 5) is 4.52. The summed E-state index contributed by atoms with van der Waals surface area (Å²) in [6.45, 7) is 11.1. The minimum absolute atomic E-state index is 0.136. The number of aliphatic imine (C=N–C) groups is 1. The SMILES string of the molecule is CC1=Nc2ccccc2C1(C)C.CCCCCCCCCCCCCCCC. The Bertz CT molecular complexity index is 527. The maximum absolute atomic E-state index is 4.52. The molecule has 28 heavy (non-hydrogen) atoms. The molecule has 0 fully saturated rings. The lowest BCUT2D eigenvalue weighted by Crippen LogP contribution is -2.22. The molecule has 0 bridgehead atoms. The average Bonchev–Trinajstić information content (AvgIpc) is 2.92. The first-order chi connectivity index (χ1) is 13.5. The van der Waals surface area contributed by atoms with Crippen LogP contribution in [0.2, 0.25) is 0 Å². The fourth-order valence-corrected chi connectivity index (χ4v) is 3.88. The number of hydrogen-bond donors (Lipinski definition) is 0. The van der Waals surface area contributed by atoms with Gasteiger partial charge in [0.1, 0.15) is 0 Å². The molecule has 1 nitrogen and oxygen atoms in total. The molecule has 1 aromatic rings. The van der Waals surface area contributed by atoms with E-state index in [1.54, 1.807) is 0 Å². The molecule has 160 valence electrons. The molecule has 1 aliphatic heterocycles. The monoisotopic (exact) mass is 385 g/mol. The van der Waals surface area contributed by atoms with E-state index in [1.807, 2.05) is 6.07 Å². The summed E-state index contributed by atoms with van der Waals surface area (Å²) < 4.78 is 0. The lowest BCUT2D eigenvalue weighted by molar-refractivity contribution is 0.538. The first-order valence-corrected chi connectivity index (χ1v) is 12.2. The van der Waals surface area contributed by atoms with Gasteiger partial charge in [-0.25, -0.2) is 0 Å². The second-order valence-corrected chi connectivity index (χ2v) is 9.08. The van der Waals surface area contributed by atoms with Crippen molar-refractivity contribution in [3.05, 3.63) is 29.8 Å². The maximum atomic E-state index is 4.52. The number of hydrogen-bond acceptors (Lipinski definition) is 1. The highest BCUT2D eigenvalue weighted by Crippen LogP contribution is 2.39. The highest BCUT2D eigenvalue weighted by Gasteiger charge is 2.31. The van der Waals surface area contributed by atoms with E-state index in [0.717, 1.165) is 5.69 Å². The second-order valence-electron chi connectivity index (χ2n) is 9.08. The van der Waals surface area contributed by atoms with E-state index in [0.29, 0.717) is 0 Å². The van der Waals surface area contributed by atoms with Crippen molar-refractivity contribution in [2.45, 2.75) is 130 Å². The van der Waals surface area contributed by atoms with Crippen molar-refractivity contribution in [2.75, 3.05) is 0 Å². The molecule has 0 saturated heterocycles. The molecule has 0 aliphatic carbocycles. The first-order valence-electron chi connectivity index (χ1n) is 12.2. The maximum Gasteiger partial charge on any atom is 0.0670 e. The molecular formula is C27H47N. The van der Waals surface area contributed by atoms with Crippen LogP contribution in [-0.2, 0) is 5.41 Å². The Morgan fingerprint density at radius 1 is 0.643 bits per heavy atom. The topological polar surface area (TPSA) is 12.4 Å². The lowest BCUT2D eigenvalue weighted by Gasteiger charge is -2.19. The zero-order valence-corrected chi connectivity index (χ0v) is 19.7. The molecule has 0 N–H and O–H groups in total. The smallest absolute Gasteiger partial charge is 0.0670 e. The Balaban J connectivity index is 0.000000289. The van der Waals surface area contributed by atoms with Gasteiger partial charge in [-0.05, 0) is 18.6 Å². The Morgan fingerprint density at radius 2 is 1.04 bits per heavy atom. The third-order valence-corrected chi connectivity index (χ3v) is 6.23. The van der Waals surface area contributed by atoms with Crippen LogP contribution in [0, 0.1) is 0 Å². The van der Waals surface area contributed by atoms with Crippen LogP contribution in [0.25, 0.3) is 0 Å². The fourth-order valence-electron chi connectivity index (χ4n) is 3.88. The van der Waals surface area contributed by atoms with Gasteiger partial charge >= 0.3 is 0 Å². The summed E-state index contributed by atoms with van der Waals surface area (Å²) in [5.41, 5.74) is 3.84. The largest absolute Gasteiger partial charge is 0.257 e. The molecule has 0 radical (unpaired) electrons. The van der Waals surface area contributed by atoms with E-state index in [2.05, 4.69) is 57.8 Å². The van der Waals surface area contributed by atoms with Crippen molar-refractivity contribution >= 4 is 11.4 Å². The summed E-state index contributed by atoms with van der Waals surface area (Å²) in [6.07, 6.45) is 20.4. The number of fused-ring (bicyclic) bond motifs is 1. The lowest BCUT2D eigenvalue weighted by atomic mass is 9.82. The van der Waals surface area contributed by atoms with Crippen LogP contribution in [0.3, 0.4) is 0 Å². The van der Waals surface area contributed by atoms with Crippen molar-refractivity contribution in [3.8, 4) is 0 Å². The van der Waals surface area contributed by atoms with E-state index >= 15 is 0 Å². The number of unbranched alkanes of at least 4 members (excludes halogenated alkanes) is 13. The van der Waals surface area contributed by atoms with E-state index in [-0.39, 0.29) is 5.41 Å². The molecule has 0 spiro atoms. The second kappa shape index (κ2) is 14.8. The van der Waals surface area contributed by atoms with Gasteiger partial charge in [0, 0.05) is 11.1 Å². The number of nitrogens with zero attached hydrogens (tertiary/aromatic N) is 1. The summed E-state index contributed by atoms with van der Waals surface area (Å²) in [7, 11) is 0. The summed E-state index contributed by atoms with van der Waals surface area (Å²) in [5.74, 6) is 0. The highest BCUT2D eigenvalue weighted by atomic mass is 14.8. The zero-order valence-electron chi connectivity index (χ0n) is 19.7. The van der Waals surface area contributed by atoms with Crippen LogP contribution in [0.15, 0.2) is 29.3 Å². The van der Waals surface area contributed by atoms with E-state index in [9.17, 15) is 0 Å². The van der Waals surface area contributed by atoms with Gasteiger partial charge in [-0.2, -0.15) is 0 Å². The Kier molecular flexibility index (Phi) is 13.2. The van der Waals surface area contributed by atoms with Crippen molar-refractivity contribution in [1.82, 2.24) is 0 Å². The van der Waals surface area contributed by atoms with E-state index in [1.165, 1.54) is 101 Å². The van der Waals surface area contributed by atoms with Crippen molar-refractivity contribution < 1.29 is 0 Å². The molecule has 0 unspecified atom stereocenters. The fraction of sp³-hybridized carbons (Fsp3) is 0.741. The van der Waals surface area contributed by atoms with Crippen molar-refractivity contribution in [1.29, 1.82) is 0 Å². The highest BCUT2D eigenvalue weighted by molar-refractivity contribution is 5.99. The van der Waals surface area contributed by atoms with Gasteiger partial charge in [0.2, 0.25) is 0 Å². The van der Waals surface area contributed by atoms with E-state index < -0.39 is 0 Å². The zero-order chi connectivity index (χ0) is 20.7. The molecule has 1 aliphatic rings. The molecule has 1 heteroatoms. The van der Waals surface area contributed by atoms with Crippen molar-refractivity contribution in [2.24, 2.45) is 4.99 Å².